The van der Waals surface area contributed by atoms with Gasteiger partial charge in [-0.15, -0.1) is 0 Å². The topological polar surface area (TPSA) is 66.9 Å². The van der Waals surface area contributed by atoms with Gasteiger partial charge in [-0.25, -0.2) is 9.97 Å². The van der Waals surface area contributed by atoms with E-state index in [1.165, 1.54) is 12.5 Å². The molecule has 2 N–H and O–H groups in total. The van der Waals surface area contributed by atoms with Gasteiger partial charge in [0.25, 0.3) is 0 Å². The molecular formula is C14H14BrClN4O. The first-order valence-corrected chi connectivity index (χ1v) is 7.49. The highest BCUT2D eigenvalue weighted by Crippen LogP contribution is 2.20. The van der Waals surface area contributed by atoms with Crippen LogP contribution in [0, 0.1) is 6.92 Å². The Bertz CT molecular complexity index is 651. The number of carbonyl (C=O) groups is 1. The molecule has 0 aliphatic carbocycles. The van der Waals surface area contributed by atoms with Crippen molar-refractivity contribution in [1.82, 2.24) is 9.97 Å². The van der Waals surface area contributed by atoms with Gasteiger partial charge in [0.05, 0.1) is 6.20 Å². The van der Waals surface area contributed by atoms with E-state index in [0.717, 1.165) is 15.7 Å². The normalized spacial score (nSPS) is 10.2. The van der Waals surface area contributed by atoms with Crippen LogP contribution in [0.1, 0.15) is 12.0 Å². The van der Waals surface area contributed by atoms with Crippen LogP contribution in [-0.2, 0) is 4.79 Å². The summed E-state index contributed by atoms with van der Waals surface area (Å²) in [6.45, 7) is 2.39. The number of rotatable bonds is 5. The smallest absolute Gasteiger partial charge is 0.226 e. The van der Waals surface area contributed by atoms with E-state index in [0.29, 0.717) is 23.8 Å². The third kappa shape index (κ3) is 4.68. The lowest BCUT2D eigenvalue weighted by Gasteiger charge is -2.10. The summed E-state index contributed by atoms with van der Waals surface area (Å²) in [5, 5.41) is 6.31. The minimum atomic E-state index is -0.0712. The van der Waals surface area contributed by atoms with Gasteiger partial charge in [-0.3, -0.25) is 4.79 Å². The zero-order valence-corrected chi connectivity index (χ0v) is 13.7. The molecule has 2 rings (SSSR count). The Hall–Kier alpha value is -1.66. The van der Waals surface area contributed by atoms with Gasteiger partial charge in [0.15, 0.2) is 0 Å². The molecule has 1 aromatic heterocycles. The highest BCUT2D eigenvalue weighted by atomic mass is 79.9. The molecule has 0 spiro atoms. The van der Waals surface area contributed by atoms with Crippen LogP contribution in [0.2, 0.25) is 5.02 Å². The van der Waals surface area contributed by atoms with E-state index >= 15 is 0 Å². The van der Waals surface area contributed by atoms with E-state index in [-0.39, 0.29) is 5.91 Å². The third-order valence-corrected chi connectivity index (χ3v) is 3.54. The standard InChI is InChI=1S/C14H14BrClN4O/c1-9-6-10(15)2-3-12(9)20-13(21)4-5-18-14-11(16)7-17-8-19-14/h2-3,6-8H,4-5H2,1H3,(H,20,21)(H,17,18,19). The molecule has 2 aromatic rings. The number of aromatic nitrogens is 2. The summed E-state index contributed by atoms with van der Waals surface area (Å²) in [6, 6.07) is 5.71. The zero-order valence-electron chi connectivity index (χ0n) is 11.4. The van der Waals surface area contributed by atoms with Crippen LogP contribution in [0.5, 0.6) is 0 Å². The first-order chi connectivity index (χ1) is 10.1. The number of nitrogens with zero attached hydrogens (tertiary/aromatic N) is 2. The summed E-state index contributed by atoms with van der Waals surface area (Å²) in [5.41, 5.74) is 1.81. The molecule has 0 aliphatic heterocycles. The lowest BCUT2D eigenvalue weighted by atomic mass is 10.2. The summed E-state index contributed by atoms with van der Waals surface area (Å²) < 4.78 is 0.984. The molecule has 1 amide bonds. The Balaban J connectivity index is 1.84. The van der Waals surface area contributed by atoms with Crippen LogP contribution in [-0.4, -0.2) is 22.4 Å². The quantitative estimate of drug-likeness (QED) is 0.844. The van der Waals surface area contributed by atoms with E-state index < -0.39 is 0 Å². The van der Waals surface area contributed by atoms with Gasteiger partial charge in [-0.2, -0.15) is 0 Å². The van der Waals surface area contributed by atoms with Crippen LogP contribution in [0.4, 0.5) is 11.5 Å². The number of nitrogens with one attached hydrogen (secondary N) is 2. The zero-order chi connectivity index (χ0) is 15.2. The first kappa shape index (κ1) is 15.7. The van der Waals surface area contributed by atoms with Crippen LogP contribution in [0.3, 0.4) is 0 Å². The second-order valence-corrected chi connectivity index (χ2v) is 5.73. The largest absolute Gasteiger partial charge is 0.368 e. The second-order valence-electron chi connectivity index (χ2n) is 4.40. The number of hydrogen-bond donors (Lipinski definition) is 2. The minimum Gasteiger partial charge on any atom is -0.368 e. The predicted molar refractivity (Wildman–Crippen MR) is 87.7 cm³/mol. The van der Waals surface area contributed by atoms with Crippen molar-refractivity contribution in [3.8, 4) is 0 Å². The van der Waals surface area contributed by atoms with E-state index in [1.54, 1.807) is 0 Å². The molecule has 7 heteroatoms. The minimum absolute atomic E-state index is 0.0712. The fourth-order valence-electron chi connectivity index (χ4n) is 1.72. The molecule has 0 saturated heterocycles. The summed E-state index contributed by atoms with van der Waals surface area (Å²) in [4.78, 5) is 19.7. The van der Waals surface area contributed by atoms with Crippen LogP contribution in [0.25, 0.3) is 0 Å². The number of hydrogen-bond acceptors (Lipinski definition) is 4. The number of benzene rings is 1. The summed E-state index contributed by atoms with van der Waals surface area (Å²) in [7, 11) is 0. The average Bonchev–Trinajstić information content (AvgIpc) is 2.44. The van der Waals surface area contributed by atoms with Crippen molar-refractivity contribution < 1.29 is 4.79 Å². The Morgan fingerprint density at radius 2 is 2.24 bits per heavy atom. The first-order valence-electron chi connectivity index (χ1n) is 6.31. The average molecular weight is 370 g/mol. The van der Waals surface area contributed by atoms with Gasteiger partial charge in [0.1, 0.15) is 17.2 Å². The van der Waals surface area contributed by atoms with Crippen molar-refractivity contribution in [2.75, 3.05) is 17.2 Å². The van der Waals surface area contributed by atoms with Gasteiger partial charge in [0.2, 0.25) is 5.91 Å². The molecular weight excluding hydrogens is 356 g/mol. The second kappa shape index (κ2) is 7.38. The van der Waals surface area contributed by atoms with E-state index in [9.17, 15) is 4.79 Å². The summed E-state index contributed by atoms with van der Waals surface area (Å²) >= 11 is 9.30. The molecule has 110 valence electrons. The van der Waals surface area contributed by atoms with Gasteiger partial charge in [0, 0.05) is 23.1 Å². The Labute approximate surface area is 136 Å². The fourth-order valence-corrected chi connectivity index (χ4v) is 2.36. The van der Waals surface area contributed by atoms with Crippen molar-refractivity contribution in [2.45, 2.75) is 13.3 Å². The molecule has 0 fully saturated rings. The van der Waals surface area contributed by atoms with Crippen molar-refractivity contribution in [2.24, 2.45) is 0 Å². The van der Waals surface area contributed by atoms with Gasteiger partial charge >= 0.3 is 0 Å². The molecule has 0 saturated carbocycles. The van der Waals surface area contributed by atoms with Gasteiger partial charge < -0.3 is 10.6 Å². The Morgan fingerprint density at radius 3 is 2.95 bits per heavy atom. The molecule has 21 heavy (non-hydrogen) atoms. The lowest BCUT2D eigenvalue weighted by molar-refractivity contribution is -0.115. The maximum Gasteiger partial charge on any atom is 0.226 e. The predicted octanol–water partition coefficient (Wildman–Crippen LogP) is 3.64. The Kier molecular flexibility index (Phi) is 5.52. The number of amides is 1. The maximum atomic E-state index is 11.9. The maximum absolute atomic E-state index is 11.9. The van der Waals surface area contributed by atoms with Crippen LogP contribution in [0.15, 0.2) is 35.2 Å². The molecule has 0 radical (unpaired) electrons. The molecule has 0 aliphatic rings. The van der Waals surface area contributed by atoms with Crippen LogP contribution < -0.4 is 10.6 Å². The summed E-state index contributed by atoms with van der Waals surface area (Å²) in [5.74, 6) is 0.456. The lowest BCUT2D eigenvalue weighted by Crippen LogP contribution is -2.17. The SMILES string of the molecule is Cc1cc(Br)ccc1NC(=O)CCNc1ncncc1Cl. The molecule has 1 aromatic carbocycles. The van der Waals surface area contributed by atoms with Gasteiger partial charge in [-0.05, 0) is 30.7 Å². The van der Waals surface area contributed by atoms with Crippen molar-refractivity contribution in [1.29, 1.82) is 0 Å². The van der Waals surface area contributed by atoms with Crippen molar-refractivity contribution >= 4 is 44.9 Å². The molecule has 1 heterocycles. The van der Waals surface area contributed by atoms with E-state index in [2.05, 4.69) is 36.5 Å². The monoisotopic (exact) mass is 368 g/mol. The number of carbonyl (C=O) groups excluding carboxylic acids is 1. The van der Waals surface area contributed by atoms with Crippen molar-refractivity contribution in [3.63, 3.8) is 0 Å². The molecule has 0 unspecified atom stereocenters. The van der Waals surface area contributed by atoms with Gasteiger partial charge in [-0.1, -0.05) is 27.5 Å². The number of aryl methyl sites for hydroxylation is 1. The molecule has 5 nitrogen and oxygen atoms in total. The fraction of sp³-hybridized carbons (Fsp3) is 0.214. The molecule has 0 bridgehead atoms. The highest BCUT2D eigenvalue weighted by Gasteiger charge is 2.06. The Morgan fingerprint density at radius 1 is 1.43 bits per heavy atom. The van der Waals surface area contributed by atoms with Crippen molar-refractivity contribution in [3.05, 3.63) is 45.8 Å². The number of anilines is 2. The summed E-state index contributed by atoms with van der Waals surface area (Å²) in [6.07, 6.45) is 3.22. The molecule has 0 atom stereocenters. The van der Waals surface area contributed by atoms with E-state index in [1.807, 2.05) is 25.1 Å². The van der Waals surface area contributed by atoms with Crippen LogP contribution >= 0.6 is 27.5 Å². The number of halogens is 2. The highest BCUT2D eigenvalue weighted by molar-refractivity contribution is 9.10. The van der Waals surface area contributed by atoms with E-state index in [4.69, 9.17) is 11.6 Å². The third-order valence-electron chi connectivity index (χ3n) is 2.77.